The van der Waals surface area contributed by atoms with Crippen molar-refractivity contribution < 1.29 is 19.0 Å². The Balaban J connectivity index is 2.09. The molecule has 0 fully saturated rings. The summed E-state index contributed by atoms with van der Waals surface area (Å²) < 4.78 is 7.10. The summed E-state index contributed by atoms with van der Waals surface area (Å²) in [4.78, 5) is 43.0. The molecule has 0 radical (unpaired) electrons. The van der Waals surface area contributed by atoms with Gasteiger partial charge in [-0.15, -0.1) is 0 Å². The van der Waals surface area contributed by atoms with Gasteiger partial charge in [0.25, 0.3) is 6.17 Å². The van der Waals surface area contributed by atoms with Crippen molar-refractivity contribution in [3.8, 4) is 17.0 Å². The summed E-state index contributed by atoms with van der Waals surface area (Å²) in [5.74, 6) is -0.376. The molecule has 1 aliphatic rings. The molecule has 8 nitrogen and oxygen atoms in total. The molecular weight excluding hydrogens is 464 g/mol. The zero-order valence-corrected chi connectivity index (χ0v) is 19.9. The van der Waals surface area contributed by atoms with Gasteiger partial charge in [0, 0.05) is 23.0 Å². The first-order valence-electron chi connectivity index (χ1n) is 10.4. The highest BCUT2D eigenvalue weighted by atomic mass is 35.5. The van der Waals surface area contributed by atoms with Gasteiger partial charge >= 0.3 is 17.2 Å². The van der Waals surface area contributed by atoms with Gasteiger partial charge in [-0.25, -0.2) is 4.90 Å². The number of hydrogen-bond donors (Lipinski definition) is 1. The summed E-state index contributed by atoms with van der Waals surface area (Å²) in [6.45, 7) is 3.45. The molecule has 10 heteroatoms. The lowest BCUT2D eigenvalue weighted by atomic mass is 10.0. The van der Waals surface area contributed by atoms with Crippen LogP contribution in [0.25, 0.3) is 11.3 Å². The molecule has 170 valence electrons. The van der Waals surface area contributed by atoms with Crippen LogP contribution in [0.4, 0.5) is 5.69 Å². The highest BCUT2D eigenvalue weighted by molar-refractivity contribution is 7.98. The SMILES string of the molecule is CCC(=O)Oc1ccc(Cl)cc1[C@H]1N(C(=O)CC)c2ccccc2-c2c(=O)[nH]c(SC)n[n+]21. The molecule has 1 aromatic heterocycles. The Bertz CT molecular complexity index is 1310. The van der Waals surface area contributed by atoms with E-state index in [4.69, 9.17) is 16.3 Å². The molecule has 0 saturated carbocycles. The van der Waals surface area contributed by atoms with Crippen molar-refractivity contribution in [2.45, 2.75) is 38.0 Å². The number of thioether (sulfide) groups is 1. The number of fused-ring (bicyclic) bond motifs is 3. The molecule has 0 unspecified atom stereocenters. The maximum absolute atomic E-state index is 13.3. The predicted octanol–water partition coefficient (Wildman–Crippen LogP) is 3.72. The second-order valence-corrected chi connectivity index (χ2v) is 8.51. The van der Waals surface area contributed by atoms with Crippen LogP contribution in [0.2, 0.25) is 5.02 Å². The Hall–Kier alpha value is -3.17. The maximum Gasteiger partial charge on any atom is 0.325 e. The van der Waals surface area contributed by atoms with Crippen molar-refractivity contribution >= 4 is 40.9 Å². The molecule has 0 bridgehead atoms. The molecule has 2 heterocycles. The van der Waals surface area contributed by atoms with Crippen molar-refractivity contribution in [1.29, 1.82) is 0 Å². The van der Waals surface area contributed by atoms with E-state index in [-0.39, 0.29) is 30.1 Å². The smallest absolute Gasteiger partial charge is 0.325 e. The molecule has 0 aliphatic carbocycles. The van der Waals surface area contributed by atoms with Crippen LogP contribution < -0.4 is 19.9 Å². The van der Waals surface area contributed by atoms with Gasteiger partial charge in [-0.3, -0.25) is 19.4 Å². The van der Waals surface area contributed by atoms with E-state index in [2.05, 4.69) is 10.1 Å². The first-order chi connectivity index (χ1) is 15.9. The number of para-hydroxylation sites is 1. The van der Waals surface area contributed by atoms with E-state index in [0.717, 1.165) is 0 Å². The predicted molar refractivity (Wildman–Crippen MR) is 126 cm³/mol. The summed E-state index contributed by atoms with van der Waals surface area (Å²) in [6.07, 6.45) is 1.28. The monoisotopic (exact) mass is 485 g/mol. The third-order valence-corrected chi connectivity index (χ3v) is 6.09. The largest absolute Gasteiger partial charge is 0.426 e. The molecule has 1 atom stereocenters. The van der Waals surface area contributed by atoms with Crippen LogP contribution in [-0.4, -0.2) is 28.2 Å². The number of nitrogens with zero attached hydrogens (tertiary/aromatic N) is 3. The van der Waals surface area contributed by atoms with E-state index in [1.165, 1.54) is 16.4 Å². The number of carbonyl (C=O) groups is 2. The standard InChI is InChI=1S/C23H21ClN4O4S/c1-4-18(29)27-16-9-7-6-8-14(16)20-21(31)25-23(33-3)26-28(20)22(27)15-12-13(24)10-11-17(15)32-19(30)5-2/h6-12,22H,4-5H2,1-3H3/p+1/t22-/m0/s1. The number of aromatic nitrogens is 3. The maximum atomic E-state index is 13.3. The fourth-order valence-electron chi connectivity index (χ4n) is 3.79. The number of amides is 1. The van der Waals surface area contributed by atoms with Crippen molar-refractivity contribution in [1.82, 2.24) is 10.1 Å². The summed E-state index contributed by atoms with van der Waals surface area (Å²) in [5.41, 5.74) is 1.53. The van der Waals surface area contributed by atoms with Crippen LogP contribution in [-0.2, 0) is 9.59 Å². The van der Waals surface area contributed by atoms with Gasteiger partial charge in [0.05, 0.1) is 16.8 Å². The lowest BCUT2D eigenvalue weighted by Crippen LogP contribution is -2.61. The number of benzene rings is 2. The second-order valence-electron chi connectivity index (χ2n) is 7.27. The minimum atomic E-state index is -0.895. The second kappa shape index (κ2) is 9.36. The zero-order valence-electron chi connectivity index (χ0n) is 18.3. The lowest BCUT2D eigenvalue weighted by Gasteiger charge is -2.32. The Morgan fingerprint density at radius 2 is 1.97 bits per heavy atom. The third kappa shape index (κ3) is 4.14. The molecule has 1 amide bonds. The van der Waals surface area contributed by atoms with Crippen LogP contribution >= 0.6 is 23.4 Å². The van der Waals surface area contributed by atoms with Crippen LogP contribution in [0.3, 0.4) is 0 Å². The van der Waals surface area contributed by atoms with E-state index >= 15 is 0 Å². The van der Waals surface area contributed by atoms with Crippen LogP contribution in [0, 0.1) is 0 Å². The molecule has 1 aliphatic heterocycles. The molecule has 0 saturated heterocycles. The third-order valence-electron chi connectivity index (χ3n) is 5.29. The van der Waals surface area contributed by atoms with E-state index < -0.39 is 12.1 Å². The quantitative estimate of drug-likeness (QED) is 0.256. The first kappa shape index (κ1) is 23.0. The van der Waals surface area contributed by atoms with Crippen molar-refractivity contribution in [2.75, 3.05) is 11.2 Å². The summed E-state index contributed by atoms with van der Waals surface area (Å²) in [5, 5.41) is 5.40. The van der Waals surface area contributed by atoms with E-state index in [0.29, 0.717) is 32.7 Å². The van der Waals surface area contributed by atoms with Gasteiger partial charge < -0.3 is 4.74 Å². The Morgan fingerprint density at radius 1 is 1.21 bits per heavy atom. The molecular formula is C23H22ClN4O4S+. The normalized spacial score (nSPS) is 14.4. The Kier molecular flexibility index (Phi) is 6.53. The highest BCUT2D eigenvalue weighted by Gasteiger charge is 2.46. The van der Waals surface area contributed by atoms with E-state index in [1.807, 2.05) is 0 Å². The summed E-state index contributed by atoms with van der Waals surface area (Å²) >= 11 is 7.61. The fraction of sp³-hybridized carbons (Fsp3) is 0.261. The Morgan fingerprint density at radius 3 is 2.67 bits per heavy atom. The van der Waals surface area contributed by atoms with Crippen molar-refractivity contribution in [2.24, 2.45) is 0 Å². The first-order valence-corrected chi connectivity index (χ1v) is 12.0. The van der Waals surface area contributed by atoms with Gasteiger partial charge in [-0.1, -0.05) is 49.3 Å². The number of H-pyrrole nitrogens is 1. The van der Waals surface area contributed by atoms with Gasteiger partial charge in [0.15, 0.2) is 0 Å². The number of halogens is 1. The fourth-order valence-corrected chi connectivity index (χ4v) is 4.34. The van der Waals surface area contributed by atoms with Crippen LogP contribution in [0.5, 0.6) is 5.75 Å². The number of carbonyl (C=O) groups excluding carboxylic acids is 2. The number of hydrogen-bond acceptors (Lipinski definition) is 6. The number of rotatable bonds is 5. The van der Waals surface area contributed by atoms with Crippen molar-refractivity contribution in [3.05, 3.63) is 63.4 Å². The van der Waals surface area contributed by atoms with E-state index in [9.17, 15) is 14.4 Å². The lowest BCUT2D eigenvalue weighted by molar-refractivity contribution is -0.763. The number of esters is 1. The topological polar surface area (TPSA) is 96.2 Å². The van der Waals surface area contributed by atoms with Crippen molar-refractivity contribution in [3.63, 3.8) is 0 Å². The minimum absolute atomic E-state index is 0.172. The molecule has 0 spiro atoms. The van der Waals surface area contributed by atoms with Gasteiger partial charge in [0.2, 0.25) is 11.1 Å². The average molecular weight is 486 g/mol. The average Bonchev–Trinajstić information content (AvgIpc) is 2.83. The number of aromatic amines is 1. The number of anilines is 1. The number of nitrogens with one attached hydrogen (secondary N) is 1. The number of ether oxygens (including phenoxy) is 1. The van der Waals surface area contributed by atoms with Gasteiger partial charge in [0.1, 0.15) is 5.75 Å². The van der Waals surface area contributed by atoms with Crippen LogP contribution in [0.1, 0.15) is 38.4 Å². The molecule has 4 rings (SSSR count). The molecule has 2 aromatic carbocycles. The molecule has 1 N–H and O–H groups in total. The van der Waals surface area contributed by atoms with Gasteiger partial charge in [-0.2, -0.15) is 0 Å². The Labute approximate surface area is 199 Å². The van der Waals surface area contributed by atoms with Gasteiger partial charge in [-0.05, 0) is 41.3 Å². The minimum Gasteiger partial charge on any atom is -0.426 e. The molecule has 3 aromatic rings. The summed E-state index contributed by atoms with van der Waals surface area (Å²) in [6, 6.07) is 12.0. The highest BCUT2D eigenvalue weighted by Crippen LogP contribution is 2.40. The molecule has 33 heavy (non-hydrogen) atoms. The summed E-state index contributed by atoms with van der Waals surface area (Å²) in [7, 11) is 0. The van der Waals surface area contributed by atoms with Crippen LogP contribution in [0.15, 0.2) is 52.4 Å². The zero-order chi connectivity index (χ0) is 23.7. The van der Waals surface area contributed by atoms with E-state index in [1.54, 1.807) is 67.5 Å².